The highest BCUT2D eigenvalue weighted by atomic mass is 32.2. The molecule has 2 saturated heterocycles. The first kappa shape index (κ1) is 24.8. The number of rotatable bonds is 7. The quantitative estimate of drug-likeness (QED) is 0.325. The van der Waals surface area contributed by atoms with E-state index in [0.717, 1.165) is 5.56 Å². The van der Waals surface area contributed by atoms with Crippen LogP contribution in [0.1, 0.15) is 38.3 Å². The summed E-state index contributed by atoms with van der Waals surface area (Å²) in [5.74, 6) is 0.387. The molecule has 0 unspecified atom stereocenters. The van der Waals surface area contributed by atoms with Gasteiger partial charge in [-0.1, -0.05) is 30.0 Å². The zero-order valence-corrected chi connectivity index (χ0v) is 21.6. The highest BCUT2D eigenvalue weighted by Gasteiger charge is 2.33. The Kier molecular flexibility index (Phi) is 7.71. The van der Waals surface area contributed by atoms with Crippen LogP contribution in [0.15, 0.2) is 28.0 Å². The fraction of sp³-hybridized carbons (Fsp3) is 0.500. The fourth-order valence-electron chi connectivity index (χ4n) is 4.31. The molecule has 4 heterocycles. The largest absolute Gasteiger partial charge is 0.382 e. The van der Waals surface area contributed by atoms with E-state index in [2.05, 4.69) is 4.90 Å². The molecular weight excluding hydrogens is 472 g/mol. The molecule has 2 fully saturated rings. The number of anilines is 1. The maximum Gasteiger partial charge on any atom is 0.267 e. The van der Waals surface area contributed by atoms with Gasteiger partial charge in [-0.25, -0.2) is 4.98 Å². The van der Waals surface area contributed by atoms with E-state index in [4.69, 9.17) is 26.7 Å². The lowest BCUT2D eigenvalue weighted by molar-refractivity contribution is -0.122. The number of hydrogen-bond donors (Lipinski definition) is 0. The number of nitrogens with zero attached hydrogens (tertiary/aromatic N) is 4. The Bertz CT molecular complexity index is 1190. The summed E-state index contributed by atoms with van der Waals surface area (Å²) in [6.07, 6.45) is 4.06. The number of amides is 1. The van der Waals surface area contributed by atoms with Crippen LogP contribution < -0.4 is 10.5 Å². The van der Waals surface area contributed by atoms with Gasteiger partial charge in [0.2, 0.25) is 0 Å². The van der Waals surface area contributed by atoms with E-state index < -0.39 is 0 Å². The van der Waals surface area contributed by atoms with Crippen LogP contribution in [0.3, 0.4) is 0 Å². The van der Waals surface area contributed by atoms with Gasteiger partial charge in [-0.2, -0.15) is 0 Å². The minimum absolute atomic E-state index is 0.00253. The maximum absolute atomic E-state index is 13.6. The summed E-state index contributed by atoms with van der Waals surface area (Å²) in [7, 11) is 0. The Morgan fingerprint density at radius 1 is 1.29 bits per heavy atom. The molecule has 1 amide bonds. The molecule has 0 N–H and O–H groups in total. The molecule has 2 aromatic heterocycles. The number of carbonyl (C=O) groups excluding carboxylic acids is 1. The minimum atomic E-state index is -0.211. The lowest BCUT2D eigenvalue weighted by Gasteiger charge is -2.36. The van der Waals surface area contributed by atoms with Gasteiger partial charge in [0, 0.05) is 39.0 Å². The Morgan fingerprint density at radius 2 is 2.03 bits per heavy atom. The SMILES string of the molecule is CCOCCCN1C(=O)/C(=C\c2c(N3C[C@@H](C)O[C@@H](C)C3)nc3c(C)cccn3c2=O)SC1=S. The normalized spacial score (nSPS) is 22.4. The molecule has 0 saturated carbocycles. The van der Waals surface area contributed by atoms with Crippen LogP contribution in [-0.4, -0.2) is 69.6 Å². The number of carbonyl (C=O) groups is 1. The molecule has 10 heteroatoms. The lowest BCUT2D eigenvalue weighted by atomic mass is 10.1. The number of ether oxygens (including phenoxy) is 2. The van der Waals surface area contributed by atoms with Crippen molar-refractivity contribution < 1.29 is 14.3 Å². The van der Waals surface area contributed by atoms with Gasteiger partial charge in [0.25, 0.3) is 11.5 Å². The van der Waals surface area contributed by atoms with E-state index in [-0.39, 0.29) is 23.7 Å². The third-order valence-electron chi connectivity index (χ3n) is 5.81. The van der Waals surface area contributed by atoms with Crippen molar-refractivity contribution in [1.29, 1.82) is 0 Å². The molecule has 2 aliphatic heterocycles. The third-order valence-corrected chi connectivity index (χ3v) is 7.18. The number of thioether (sulfide) groups is 1. The minimum Gasteiger partial charge on any atom is -0.382 e. The molecular formula is C24H30N4O4S2. The van der Waals surface area contributed by atoms with Crippen LogP contribution >= 0.6 is 24.0 Å². The third kappa shape index (κ3) is 5.05. The highest BCUT2D eigenvalue weighted by molar-refractivity contribution is 8.26. The summed E-state index contributed by atoms with van der Waals surface area (Å²) in [6.45, 7) is 10.8. The van der Waals surface area contributed by atoms with Gasteiger partial charge in [-0.15, -0.1) is 0 Å². The Hall–Kier alpha value is -2.27. The number of aromatic nitrogens is 2. The average molecular weight is 503 g/mol. The van der Waals surface area contributed by atoms with Crippen molar-refractivity contribution in [2.24, 2.45) is 0 Å². The molecule has 0 spiro atoms. The van der Waals surface area contributed by atoms with E-state index in [1.165, 1.54) is 11.8 Å². The van der Waals surface area contributed by atoms with Crippen molar-refractivity contribution in [3.63, 3.8) is 0 Å². The predicted molar refractivity (Wildman–Crippen MR) is 139 cm³/mol. The van der Waals surface area contributed by atoms with Crippen LogP contribution in [0.2, 0.25) is 0 Å². The average Bonchev–Trinajstić information content (AvgIpc) is 3.05. The number of aryl methyl sites for hydroxylation is 1. The van der Waals surface area contributed by atoms with Gasteiger partial charge in [0.1, 0.15) is 15.8 Å². The molecule has 2 aromatic rings. The first-order valence-electron chi connectivity index (χ1n) is 11.6. The Labute approximate surface area is 208 Å². The lowest BCUT2D eigenvalue weighted by Crippen LogP contribution is -2.46. The molecule has 0 aliphatic carbocycles. The molecule has 182 valence electrons. The van der Waals surface area contributed by atoms with Gasteiger partial charge in [-0.3, -0.25) is 18.9 Å². The van der Waals surface area contributed by atoms with Crippen LogP contribution in [0.4, 0.5) is 5.82 Å². The topological polar surface area (TPSA) is 76.4 Å². The van der Waals surface area contributed by atoms with E-state index in [9.17, 15) is 9.59 Å². The van der Waals surface area contributed by atoms with Gasteiger partial charge in [-0.05, 0) is 51.8 Å². The van der Waals surface area contributed by atoms with Crippen molar-refractivity contribution in [2.75, 3.05) is 37.7 Å². The number of pyridine rings is 1. The first-order valence-corrected chi connectivity index (χ1v) is 12.8. The molecule has 0 bridgehead atoms. The molecule has 8 nitrogen and oxygen atoms in total. The first-order chi connectivity index (χ1) is 16.3. The second-order valence-electron chi connectivity index (χ2n) is 8.59. The second-order valence-corrected chi connectivity index (χ2v) is 10.3. The van der Waals surface area contributed by atoms with Gasteiger partial charge >= 0.3 is 0 Å². The van der Waals surface area contributed by atoms with Gasteiger partial charge < -0.3 is 14.4 Å². The summed E-state index contributed by atoms with van der Waals surface area (Å²) < 4.78 is 13.3. The standard InChI is InChI=1S/C24H30N4O4S2/c1-5-31-11-7-10-28-23(30)19(34-24(28)33)12-18-21(26-13-16(3)32-17(4)14-26)25-20-15(2)8-6-9-27(20)22(18)29/h6,8-9,12,16-17H,5,7,10-11,13-14H2,1-4H3/b19-12+/t16-,17+. The number of fused-ring (bicyclic) bond motifs is 1. The van der Waals surface area contributed by atoms with Crippen LogP contribution in [-0.2, 0) is 14.3 Å². The molecule has 34 heavy (non-hydrogen) atoms. The van der Waals surface area contributed by atoms with Crippen molar-refractivity contribution >= 4 is 51.7 Å². The summed E-state index contributed by atoms with van der Waals surface area (Å²) in [4.78, 5) is 35.8. The summed E-state index contributed by atoms with van der Waals surface area (Å²) in [6, 6.07) is 3.76. The molecule has 2 aliphatic rings. The van der Waals surface area contributed by atoms with Gasteiger partial charge in [0.15, 0.2) is 0 Å². The highest BCUT2D eigenvalue weighted by Crippen LogP contribution is 2.34. The molecule has 0 radical (unpaired) electrons. The molecule has 2 atom stereocenters. The molecule has 4 rings (SSSR count). The van der Waals surface area contributed by atoms with Crippen molar-refractivity contribution in [1.82, 2.24) is 14.3 Å². The Balaban J connectivity index is 1.76. The zero-order chi connectivity index (χ0) is 24.4. The van der Waals surface area contributed by atoms with E-state index >= 15 is 0 Å². The van der Waals surface area contributed by atoms with Crippen molar-refractivity contribution in [3.8, 4) is 0 Å². The predicted octanol–water partition coefficient (Wildman–Crippen LogP) is 3.24. The molecule has 0 aromatic carbocycles. The number of morpholine rings is 1. The monoisotopic (exact) mass is 502 g/mol. The summed E-state index contributed by atoms with van der Waals surface area (Å²) in [5.41, 5.74) is 1.69. The second kappa shape index (κ2) is 10.6. The van der Waals surface area contributed by atoms with E-state index in [0.29, 0.717) is 65.5 Å². The summed E-state index contributed by atoms with van der Waals surface area (Å²) >= 11 is 6.69. The van der Waals surface area contributed by atoms with Gasteiger partial charge in [0.05, 0.1) is 22.7 Å². The van der Waals surface area contributed by atoms with E-state index in [1.807, 2.05) is 39.8 Å². The summed E-state index contributed by atoms with van der Waals surface area (Å²) in [5, 5.41) is 0. The van der Waals surface area contributed by atoms with E-state index in [1.54, 1.807) is 21.6 Å². The number of hydrogen-bond acceptors (Lipinski definition) is 8. The smallest absolute Gasteiger partial charge is 0.267 e. The fourth-order valence-corrected chi connectivity index (χ4v) is 5.60. The van der Waals surface area contributed by atoms with Crippen LogP contribution in [0.5, 0.6) is 0 Å². The Morgan fingerprint density at radius 3 is 2.74 bits per heavy atom. The van der Waals surface area contributed by atoms with Crippen molar-refractivity contribution in [2.45, 2.75) is 46.3 Å². The van der Waals surface area contributed by atoms with Crippen LogP contribution in [0.25, 0.3) is 11.7 Å². The number of thiocarbonyl (C=S) groups is 1. The van der Waals surface area contributed by atoms with Crippen LogP contribution in [0, 0.1) is 6.92 Å². The maximum atomic E-state index is 13.6. The zero-order valence-electron chi connectivity index (χ0n) is 19.9. The van der Waals surface area contributed by atoms with Crippen molar-refractivity contribution in [3.05, 3.63) is 44.7 Å².